The number of aryl methyl sites for hydroxylation is 1. The molecule has 1 aromatic carbocycles. The Morgan fingerprint density at radius 2 is 1.76 bits per heavy atom. The first-order chi connectivity index (χ1) is 14.1. The Balaban J connectivity index is 1.19. The lowest BCUT2D eigenvalue weighted by Gasteiger charge is -2.38. The number of benzene rings is 1. The van der Waals surface area contributed by atoms with Gasteiger partial charge in [-0.2, -0.15) is 4.98 Å². The molecule has 0 N–H and O–H groups in total. The Labute approximate surface area is 168 Å². The van der Waals surface area contributed by atoms with Crippen LogP contribution in [-0.2, 0) is 16.0 Å². The molecule has 1 aromatic heterocycles. The summed E-state index contributed by atoms with van der Waals surface area (Å²) < 4.78 is 18.2. The number of carbonyl (C=O) groups is 2. The molecule has 2 fully saturated rings. The fraction of sp³-hybridized carbons (Fsp3) is 0.524. The van der Waals surface area contributed by atoms with E-state index in [9.17, 15) is 14.0 Å². The highest BCUT2D eigenvalue weighted by Crippen LogP contribution is 2.28. The molecule has 2 amide bonds. The second kappa shape index (κ2) is 8.71. The smallest absolute Gasteiger partial charge is 0.226 e. The first-order valence-electron chi connectivity index (χ1n) is 10.3. The van der Waals surface area contributed by atoms with E-state index < -0.39 is 0 Å². The lowest BCUT2D eigenvalue weighted by atomic mass is 9.84. The number of aromatic nitrogens is 2. The van der Waals surface area contributed by atoms with Crippen molar-refractivity contribution in [3.05, 3.63) is 36.0 Å². The van der Waals surface area contributed by atoms with E-state index in [1.807, 2.05) is 9.80 Å². The predicted molar refractivity (Wildman–Crippen MR) is 103 cm³/mol. The van der Waals surface area contributed by atoms with Crippen LogP contribution in [0.15, 0.2) is 28.8 Å². The van der Waals surface area contributed by atoms with E-state index in [4.69, 9.17) is 4.52 Å². The van der Waals surface area contributed by atoms with Crippen molar-refractivity contribution in [3.63, 3.8) is 0 Å². The highest BCUT2D eigenvalue weighted by atomic mass is 19.1. The number of carbonyl (C=O) groups excluding carboxylic acids is 2. The third kappa shape index (κ3) is 4.63. The first kappa shape index (κ1) is 19.5. The number of halogens is 1. The van der Waals surface area contributed by atoms with Gasteiger partial charge in [0.15, 0.2) is 0 Å². The number of rotatable bonds is 6. The molecular formula is C21H25FN4O3. The van der Waals surface area contributed by atoms with E-state index in [0.29, 0.717) is 62.7 Å². The van der Waals surface area contributed by atoms with Gasteiger partial charge in [-0.15, -0.1) is 0 Å². The summed E-state index contributed by atoms with van der Waals surface area (Å²) in [4.78, 5) is 32.8. The SMILES string of the molecule is O=C(CCCc1nc(-c2ccc(F)cc2)no1)N1CCN(C(=O)C2CCC2)CC1. The van der Waals surface area contributed by atoms with Gasteiger partial charge in [0.05, 0.1) is 0 Å². The lowest BCUT2D eigenvalue weighted by molar-refractivity contribution is -0.144. The molecule has 1 saturated heterocycles. The van der Waals surface area contributed by atoms with Crippen molar-refractivity contribution in [2.45, 2.75) is 38.5 Å². The fourth-order valence-corrected chi connectivity index (χ4v) is 3.71. The molecule has 0 unspecified atom stereocenters. The molecule has 4 rings (SSSR count). The third-order valence-corrected chi connectivity index (χ3v) is 5.75. The van der Waals surface area contributed by atoms with Crippen molar-refractivity contribution in [1.29, 1.82) is 0 Å². The van der Waals surface area contributed by atoms with Crippen LogP contribution in [0.25, 0.3) is 11.4 Å². The quantitative estimate of drug-likeness (QED) is 0.745. The maximum Gasteiger partial charge on any atom is 0.226 e. The summed E-state index contributed by atoms with van der Waals surface area (Å²) in [5.74, 6) is 1.14. The Hall–Kier alpha value is -2.77. The highest BCUT2D eigenvalue weighted by Gasteiger charge is 2.31. The minimum atomic E-state index is -0.316. The van der Waals surface area contributed by atoms with Gasteiger partial charge in [0.25, 0.3) is 0 Å². The summed E-state index contributed by atoms with van der Waals surface area (Å²) in [7, 11) is 0. The second-order valence-corrected chi connectivity index (χ2v) is 7.71. The summed E-state index contributed by atoms with van der Waals surface area (Å²) in [6.07, 6.45) is 4.71. The van der Waals surface area contributed by atoms with E-state index in [1.165, 1.54) is 12.1 Å². The number of hydrogen-bond acceptors (Lipinski definition) is 5. The zero-order chi connectivity index (χ0) is 20.2. The minimum Gasteiger partial charge on any atom is -0.339 e. The van der Waals surface area contributed by atoms with Crippen LogP contribution in [-0.4, -0.2) is 57.9 Å². The summed E-state index contributed by atoms with van der Waals surface area (Å²) in [5.41, 5.74) is 0.687. The predicted octanol–water partition coefficient (Wildman–Crippen LogP) is 2.67. The van der Waals surface area contributed by atoms with Gasteiger partial charge in [-0.25, -0.2) is 4.39 Å². The Kier molecular flexibility index (Phi) is 5.87. The van der Waals surface area contributed by atoms with Crippen LogP contribution in [0.3, 0.4) is 0 Å². The molecule has 2 aromatic rings. The molecule has 7 nitrogen and oxygen atoms in total. The number of amides is 2. The fourth-order valence-electron chi connectivity index (χ4n) is 3.71. The zero-order valence-electron chi connectivity index (χ0n) is 16.3. The molecule has 0 bridgehead atoms. The summed E-state index contributed by atoms with van der Waals surface area (Å²) in [5, 5.41) is 3.91. The van der Waals surface area contributed by atoms with Crippen LogP contribution < -0.4 is 0 Å². The Morgan fingerprint density at radius 1 is 1.07 bits per heavy atom. The summed E-state index contributed by atoms with van der Waals surface area (Å²) in [6, 6.07) is 5.90. The van der Waals surface area contributed by atoms with Gasteiger partial charge in [0, 0.05) is 50.5 Å². The van der Waals surface area contributed by atoms with Crippen molar-refractivity contribution >= 4 is 11.8 Å². The molecule has 0 radical (unpaired) electrons. The third-order valence-electron chi connectivity index (χ3n) is 5.75. The van der Waals surface area contributed by atoms with Crippen molar-refractivity contribution in [3.8, 4) is 11.4 Å². The number of hydrogen-bond donors (Lipinski definition) is 0. The average molecular weight is 400 g/mol. The van der Waals surface area contributed by atoms with E-state index in [0.717, 1.165) is 19.3 Å². The van der Waals surface area contributed by atoms with Crippen molar-refractivity contribution in [2.24, 2.45) is 5.92 Å². The van der Waals surface area contributed by atoms with Gasteiger partial charge in [-0.1, -0.05) is 11.6 Å². The van der Waals surface area contributed by atoms with Crippen LogP contribution in [0.4, 0.5) is 4.39 Å². The maximum absolute atomic E-state index is 13.0. The van der Waals surface area contributed by atoms with Gasteiger partial charge >= 0.3 is 0 Å². The highest BCUT2D eigenvalue weighted by molar-refractivity contribution is 5.80. The van der Waals surface area contributed by atoms with Crippen LogP contribution in [0.1, 0.15) is 38.0 Å². The van der Waals surface area contributed by atoms with Crippen LogP contribution in [0.5, 0.6) is 0 Å². The average Bonchev–Trinajstić information content (AvgIpc) is 3.16. The normalized spacial score (nSPS) is 17.3. The molecule has 2 heterocycles. The van der Waals surface area contributed by atoms with Gasteiger partial charge in [-0.3, -0.25) is 9.59 Å². The molecule has 0 atom stereocenters. The second-order valence-electron chi connectivity index (χ2n) is 7.71. The summed E-state index contributed by atoms with van der Waals surface area (Å²) in [6.45, 7) is 2.47. The lowest BCUT2D eigenvalue weighted by Crippen LogP contribution is -2.52. The van der Waals surface area contributed by atoms with Crippen molar-refractivity contribution in [1.82, 2.24) is 19.9 Å². The number of piperazine rings is 1. The van der Waals surface area contributed by atoms with Crippen LogP contribution in [0.2, 0.25) is 0 Å². The number of nitrogens with zero attached hydrogens (tertiary/aromatic N) is 4. The van der Waals surface area contributed by atoms with E-state index >= 15 is 0 Å². The molecule has 29 heavy (non-hydrogen) atoms. The Morgan fingerprint density at radius 3 is 2.41 bits per heavy atom. The molecule has 1 saturated carbocycles. The van der Waals surface area contributed by atoms with E-state index in [1.54, 1.807) is 12.1 Å². The van der Waals surface area contributed by atoms with Gasteiger partial charge < -0.3 is 14.3 Å². The van der Waals surface area contributed by atoms with Crippen molar-refractivity contribution < 1.29 is 18.5 Å². The standard InChI is InChI=1S/C21H25FN4O3/c22-17-9-7-15(8-10-17)20-23-18(29-24-20)5-2-6-19(27)25-11-13-26(14-12-25)21(28)16-3-1-4-16/h7-10,16H,1-6,11-14H2. The topological polar surface area (TPSA) is 79.5 Å². The molecule has 8 heteroatoms. The van der Waals surface area contributed by atoms with Crippen LogP contribution >= 0.6 is 0 Å². The molecule has 1 aliphatic heterocycles. The molecule has 1 aliphatic carbocycles. The van der Waals surface area contributed by atoms with Gasteiger partial charge in [0.2, 0.25) is 23.5 Å². The monoisotopic (exact) mass is 400 g/mol. The first-order valence-corrected chi connectivity index (χ1v) is 10.3. The zero-order valence-corrected chi connectivity index (χ0v) is 16.3. The molecule has 0 spiro atoms. The maximum atomic E-state index is 13.0. The Bertz CT molecular complexity index is 855. The van der Waals surface area contributed by atoms with Gasteiger partial charge in [-0.05, 0) is 43.5 Å². The largest absolute Gasteiger partial charge is 0.339 e. The van der Waals surface area contributed by atoms with Crippen LogP contribution in [0, 0.1) is 11.7 Å². The van der Waals surface area contributed by atoms with E-state index in [-0.39, 0.29) is 23.5 Å². The molecular weight excluding hydrogens is 375 g/mol. The van der Waals surface area contributed by atoms with Gasteiger partial charge in [0.1, 0.15) is 5.82 Å². The minimum absolute atomic E-state index is 0.0963. The molecule has 154 valence electrons. The summed E-state index contributed by atoms with van der Waals surface area (Å²) >= 11 is 0. The van der Waals surface area contributed by atoms with E-state index in [2.05, 4.69) is 10.1 Å². The van der Waals surface area contributed by atoms with Crippen molar-refractivity contribution in [2.75, 3.05) is 26.2 Å². The molecule has 2 aliphatic rings.